The quantitative estimate of drug-likeness (QED) is 0.385. The van der Waals surface area contributed by atoms with Crippen LogP contribution < -0.4 is 15.1 Å². The molecule has 1 aliphatic rings. The van der Waals surface area contributed by atoms with Gasteiger partial charge in [-0.1, -0.05) is 22.0 Å². The van der Waals surface area contributed by atoms with Crippen LogP contribution in [0.1, 0.15) is 5.56 Å². The van der Waals surface area contributed by atoms with Crippen LogP contribution in [0.4, 0.5) is 11.4 Å². The molecule has 10 heteroatoms. The second-order valence-corrected chi connectivity index (χ2v) is 7.06. The lowest BCUT2D eigenvalue weighted by molar-refractivity contribution is -0.384. The van der Waals surface area contributed by atoms with E-state index in [1.807, 2.05) is 4.90 Å². The first-order chi connectivity index (χ1) is 14.0. The number of hydrogen-bond acceptors (Lipinski definition) is 7. The Morgan fingerprint density at radius 1 is 1.28 bits per heavy atom. The van der Waals surface area contributed by atoms with Crippen LogP contribution in [0.5, 0.6) is 5.75 Å². The summed E-state index contributed by atoms with van der Waals surface area (Å²) in [5.74, 6) is 0.116. The molecule has 1 heterocycles. The summed E-state index contributed by atoms with van der Waals surface area (Å²) in [7, 11) is 0. The molecule has 152 valence electrons. The van der Waals surface area contributed by atoms with Gasteiger partial charge in [0, 0.05) is 29.2 Å². The van der Waals surface area contributed by atoms with E-state index in [4.69, 9.17) is 9.47 Å². The summed E-state index contributed by atoms with van der Waals surface area (Å²) in [4.78, 5) is 24.8. The highest BCUT2D eigenvalue weighted by Crippen LogP contribution is 2.29. The first-order valence-electron chi connectivity index (χ1n) is 8.84. The molecule has 1 amide bonds. The third-order valence-corrected chi connectivity index (χ3v) is 4.66. The minimum atomic E-state index is -0.441. The highest BCUT2D eigenvalue weighted by atomic mass is 79.9. The molecule has 0 saturated carbocycles. The molecule has 2 aromatic rings. The van der Waals surface area contributed by atoms with Crippen LogP contribution in [-0.4, -0.2) is 50.0 Å². The summed E-state index contributed by atoms with van der Waals surface area (Å²) >= 11 is 3.32. The Morgan fingerprint density at radius 2 is 2.00 bits per heavy atom. The molecule has 0 unspecified atom stereocenters. The van der Waals surface area contributed by atoms with Crippen LogP contribution in [0.3, 0.4) is 0 Å². The minimum absolute atomic E-state index is 0.0132. The van der Waals surface area contributed by atoms with Gasteiger partial charge in [0.2, 0.25) is 0 Å². The number of halogens is 1. The molecule has 1 fully saturated rings. The van der Waals surface area contributed by atoms with Gasteiger partial charge in [-0.25, -0.2) is 5.43 Å². The number of carbonyl (C=O) groups excluding carboxylic acids is 1. The van der Waals surface area contributed by atoms with Gasteiger partial charge in [-0.05, 0) is 30.3 Å². The maximum absolute atomic E-state index is 11.8. The van der Waals surface area contributed by atoms with Crippen molar-refractivity contribution in [2.45, 2.75) is 0 Å². The van der Waals surface area contributed by atoms with Gasteiger partial charge in [0.1, 0.15) is 11.4 Å². The molecule has 9 nitrogen and oxygen atoms in total. The van der Waals surface area contributed by atoms with E-state index in [-0.39, 0.29) is 12.3 Å². The number of anilines is 1. The van der Waals surface area contributed by atoms with Crippen molar-refractivity contribution >= 4 is 39.4 Å². The predicted molar refractivity (Wildman–Crippen MR) is 112 cm³/mol. The Morgan fingerprint density at radius 3 is 2.69 bits per heavy atom. The van der Waals surface area contributed by atoms with E-state index < -0.39 is 10.8 Å². The summed E-state index contributed by atoms with van der Waals surface area (Å²) in [5.41, 5.74) is 3.37. The number of nitrogens with one attached hydrogen (secondary N) is 1. The average molecular weight is 463 g/mol. The Kier molecular flexibility index (Phi) is 7.14. The fourth-order valence-electron chi connectivity index (χ4n) is 2.73. The van der Waals surface area contributed by atoms with Crippen molar-refractivity contribution in [1.82, 2.24) is 5.43 Å². The van der Waals surface area contributed by atoms with Gasteiger partial charge < -0.3 is 14.4 Å². The number of hydrogen-bond donors (Lipinski definition) is 1. The third kappa shape index (κ3) is 6.00. The van der Waals surface area contributed by atoms with E-state index >= 15 is 0 Å². The molecule has 0 atom stereocenters. The van der Waals surface area contributed by atoms with Crippen molar-refractivity contribution in [1.29, 1.82) is 0 Å². The van der Waals surface area contributed by atoms with E-state index in [0.29, 0.717) is 43.3 Å². The van der Waals surface area contributed by atoms with Crippen molar-refractivity contribution in [2.24, 2.45) is 5.10 Å². The van der Waals surface area contributed by atoms with E-state index in [9.17, 15) is 14.9 Å². The van der Waals surface area contributed by atoms with Crippen molar-refractivity contribution in [3.05, 3.63) is 62.6 Å². The highest BCUT2D eigenvalue weighted by molar-refractivity contribution is 9.10. The number of ether oxygens (including phenoxy) is 2. The van der Waals surface area contributed by atoms with Gasteiger partial charge in [0.25, 0.3) is 11.6 Å². The SMILES string of the molecule is O=C(COc1ccc(Br)cc1)N/N=C\c1ccc(N2CCOCC2)c([N+](=O)[O-])c1. The third-order valence-electron chi connectivity index (χ3n) is 4.13. The van der Waals surface area contributed by atoms with Crippen LogP contribution in [0.15, 0.2) is 52.0 Å². The molecule has 29 heavy (non-hydrogen) atoms. The number of nitrogens with zero attached hydrogens (tertiary/aromatic N) is 3. The lowest BCUT2D eigenvalue weighted by Crippen LogP contribution is -2.36. The number of nitro benzene ring substituents is 1. The normalized spacial score (nSPS) is 14.0. The van der Waals surface area contributed by atoms with Gasteiger partial charge in [0.05, 0.1) is 24.4 Å². The molecular formula is C19H19BrN4O5. The van der Waals surface area contributed by atoms with Crippen LogP contribution >= 0.6 is 15.9 Å². The summed E-state index contributed by atoms with van der Waals surface area (Å²) < 4.78 is 11.5. The first kappa shape index (κ1) is 20.7. The van der Waals surface area contributed by atoms with Gasteiger partial charge >= 0.3 is 0 Å². The van der Waals surface area contributed by atoms with Crippen LogP contribution in [-0.2, 0) is 9.53 Å². The van der Waals surface area contributed by atoms with E-state index in [1.54, 1.807) is 36.4 Å². The number of rotatable bonds is 7. The molecular weight excluding hydrogens is 444 g/mol. The monoisotopic (exact) mass is 462 g/mol. The summed E-state index contributed by atoms with van der Waals surface area (Å²) in [6.07, 6.45) is 1.35. The molecule has 0 spiro atoms. The summed E-state index contributed by atoms with van der Waals surface area (Å²) in [6.45, 7) is 2.07. The molecule has 0 aliphatic carbocycles. The second-order valence-electron chi connectivity index (χ2n) is 6.14. The van der Waals surface area contributed by atoms with Crippen molar-refractivity contribution < 1.29 is 19.2 Å². The average Bonchev–Trinajstić information content (AvgIpc) is 2.74. The maximum Gasteiger partial charge on any atom is 0.293 e. The Hall–Kier alpha value is -2.98. The smallest absolute Gasteiger partial charge is 0.293 e. The van der Waals surface area contributed by atoms with Crippen molar-refractivity contribution in [2.75, 3.05) is 37.8 Å². The molecule has 0 bridgehead atoms. The van der Waals surface area contributed by atoms with E-state index in [1.165, 1.54) is 12.3 Å². The lowest BCUT2D eigenvalue weighted by Gasteiger charge is -2.28. The lowest BCUT2D eigenvalue weighted by atomic mass is 10.1. The Labute approximate surface area is 175 Å². The zero-order valence-corrected chi connectivity index (χ0v) is 17.0. The van der Waals surface area contributed by atoms with Gasteiger partial charge in [-0.2, -0.15) is 5.10 Å². The topological polar surface area (TPSA) is 106 Å². The largest absolute Gasteiger partial charge is 0.484 e. The van der Waals surface area contributed by atoms with E-state index in [2.05, 4.69) is 26.5 Å². The van der Waals surface area contributed by atoms with Crippen molar-refractivity contribution in [3.8, 4) is 5.75 Å². The number of hydrazone groups is 1. The first-order valence-corrected chi connectivity index (χ1v) is 9.63. The number of benzene rings is 2. The minimum Gasteiger partial charge on any atom is -0.484 e. The number of amides is 1. The fourth-order valence-corrected chi connectivity index (χ4v) is 2.99. The standard InChI is InChI=1S/C19H19BrN4O5/c20-15-2-4-16(5-3-15)29-13-19(25)22-21-12-14-1-6-17(18(11-14)24(26)27)23-7-9-28-10-8-23/h1-6,11-12H,7-10,13H2,(H,22,25)/b21-12-. The molecule has 1 saturated heterocycles. The maximum atomic E-state index is 11.8. The van der Waals surface area contributed by atoms with Crippen LogP contribution in [0.2, 0.25) is 0 Å². The molecule has 0 radical (unpaired) electrons. The highest BCUT2D eigenvalue weighted by Gasteiger charge is 2.21. The molecule has 2 aromatic carbocycles. The number of morpholine rings is 1. The number of nitro groups is 1. The molecule has 1 N–H and O–H groups in total. The molecule has 3 rings (SSSR count). The zero-order valence-electron chi connectivity index (χ0n) is 15.4. The van der Waals surface area contributed by atoms with E-state index in [0.717, 1.165) is 4.47 Å². The fraction of sp³-hybridized carbons (Fsp3) is 0.263. The van der Waals surface area contributed by atoms with Gasteiger partial charge in [-0.15, -0.1) is 0 Å². The zero-order chi connectivity index (χ0) is 20.6. The van der Waals surface area contributed by atoms with Gasteiger partial charge in [-0.3, -0.25) is 14.9 Å². The summed E-state index contributed by atoms with van der Waals surface area (Å²) in [6, 6.07) is 11.9. The molecule has 1 aliphatic heterocycles. The second kappa shape index (κ2) is 9.99. The van der Waals surface area contributed by atoms with Crippen molar-refractivity contribution in [3.63, 3.8) is 0 Å². The van der Waals surface area contributed by atoms with Crippen LogP contribution in [0.25, 0.3) is 0 Å². The summed E-state index contributed by atoms with van der Waals surface area (Å²) in [5, 5.41) is 15.3. The van der Waals surface area contributed by atoms with Gasteiger partial charge in [0.15, 0.2) is 6.61 Å². The Bertz CT molecular complexity index is 898. The number of carbonyl (C=O) groups is 1. The predicted octanol–water partition coefficient (Wildman–Crippen LogP) is 2.72. The van der Waals surface area contributed by atoms with Crippen LogP contribution in [0, 0.1) is 10.1 Å². The molecule has 0 aromatic heterocycles. The Balaban J connectivity index is 1.58.